The van der Waals surface area contributed by atoms with E-state index in [9.17, 15) is 9.59 Å². The quantitative estimate of drug-likeness (QED) is 0.588. The number of nitrogens with zero attached hydrogens (tertiary/aromatic N) is 2. The van der Waals surface area contributed by atoms with Crippen molar-refractivity contribution in [3.05, 3.63) is 36.0 Å². The van der Waals surface area contributed by atoms with Crippen LogP contribution in [0.5, 0.6) is 0 Å². The van der Waals surface area contributed by atoms with Crippen LogP contribution in [0.15, 0.2) is 40.7 Å². The lowest BCUT2D eigenvalue weighted by atomic mass is 10.1. The molecule has 3 N–H and O–H groups in total. The highest BCUT2D eigenvalue weighted by Gasteiger charge is 2.32. The molecule has 1 atom stereocenters. The number of nitrogens with one attached hydrogen (secondary N) is 2. The normalized spacial score (nSPS) is 20.2. The van der Waals surface area contributed by atoms with Gasteiger partial charge in [0.1, 0.15) is 5.25 Å². The van der Waals surface area contributed by atoms with Crippen LogP contribution in [0.4, 0.5) is 0 Å². The van der Waals surface area contributed by atoms with Crippen molar-refractivity contribution < 1.29 is 14.7 Å². The SMILES string of the molecule is C/C(=N\N=C1\NC(=O)C(CC(=O)O)S1)c1c[nH]c2ccccc12. The number of carboxylic acids is 1. The zero-order valence-electron chi connectivity index (χ0n) is 12.2. The van der Waals surface area contributed by atoms with Gasteiger partial charge in [0, 0.05) is 22.7 Å². The van der Waals surface area contributed by atoms with E-state index in [0.717, 1.165) is 28.2 Å². The highest BCUT2D eigenvalue weighted by molar-refractivity contribution is 8.15. The summed E-state index contributed by atoms with van der Waals surface area (Å²) in [4.78, 5) is 25.5. The van der Waals surface area contributed by atoms with Crippen LogP contribution in [-0.2, 0) is 9.59 Å². The van der Waals surface area contributed by atoms with Crippen LogP contribution in [0.2, 0.25) is 0 Å². The average Bonchev–Trinajstić information content (AvgIpc) is 3.08. The molecule has 7 nitrogen and oxygen atoms in total. The van der Waals surface area contributed by atoms with E-state index in [4.69, 9.17) is 5.11 Å². The van der Waals surface area contributed by atoms with Gasteiger partial charge in [0.2, 0.25) is 5.91 Å². The fraction of sp³-hybridized carbons (Fsp3) is 0.200. The van der Waals surface area contributed by atoms with E-state index >= 15 is 0 Å². The van der Waals surface area contributed by atoms with Crippen LogP contribution in [0.3, 0.4) is 0 Å². The van der Waals surface area contributed by atoms with Crippen LogP contribution in [-0.4, -0.2) is 38.1 Å². The number of aromatic nitrogens is 1. The van der Waals surface area contributed by atoms with Crippen LogP contribution in [0, 0.1) is 0 Å². The van der Waals surface area contributed by atoms with E-state index in [1.54, 1.807) is 0 Å². The number of amidine groups is 1. The minimum atomic E-state index is -1.02. The van der Waals surface area contributed by atoms with Crippen molar-refractivity contribution in [2.24, 2.45) is 10.2 Å². The Morgan fingerprint density at radius 2 is 2.17 bits per heavy atom. The molecule has 8 heteroatoms. The molecule has 1 amide bonds. The molecule has 2 aromatic rings. The number of hydrogen-bond donors (Lipinski definition) is 3. The number of amides is 1. The second-order valence-corrected chi connectivity index (χ2v) is 6.22. The maximum atomic E-state index is 11.6. The first kappa shape index (κ1) is 15.3. The molecule has 0 spiro atoms. The number of rotatable bonds is 4. The summed E-state index contributed by atoms with van der Waals surface area (Å²) in [7, 11) is 0. The average molecular weight is 330 g/mol. The van der Waals surface area contributed by atoms with Crippen LogP contribution < -0.4 is 5.32 Å². The topological polar surface area (TPSA) is 107 Å². The molecule has 0 bridgehead atoms. The number of aromatic amines is 1. The van der Waals surface area contributed by atoms with Crippen LogP contribution in [0.1, 0.15) is 18.9 Å². The van der Waals surface area contributed by atoms with Gasteiger partial charge in [0.15, 0.2) is 5.17 Å². The number of benzene rings is 1. The Labute approximate surface area is 135 Å². The number of hydrogen-bond acceptors (Lipinski definition) is 5. The molecule has 23 heavy (non-hydrogen) atoms. The lowest BCUT2D eigenvalue weighted by Crippen LogP contribution is -2.26. The molecule has 118 valence electrons. The van der Waals surface area contributed by atoms with Crippen molar-refractivity contribution in [3.63, 3.8) is 0 Å². The Bertz CT molecular complexity index is 840. The van der Waals surface area contributed by atoms with Crippen molar-refractivity contribution in [1.82, 2.24) is 10.3 Å². The van der Waals surface area contributed by atoms with Gasteiger partial charge in [-0.25, -0.2) is 0 Å². The maximum absolute atomic E-state index is 11.6. The second-order valence-electron chi connectivity index (χ2n) is 5.03. The summed E-state index contributed by atoms with van der Waals surface area (Å²) in [6, 6.07) is 7.86. The first-order chi connectivity index (χ1) is 11.0. The minimum Gasteiger partial charge on any atom is -0.481 e. The lowest BCUT2D eigenvalue weighted by molar-refractivity contribution is -0.138. The van der Waals surface area contributed by atoms with E-state index < -0.39 is 11.2 Å². The fourth-order valence-electron chi connectivity index (χ4n) is 2.29. The van der Waals surface area contributed by atoms with Crippen LogP contribution >= 0.6 is 11.8 Å². The zero-order valence-corrected chi connectivity index (χ0v) is 13.1. The predicted molar refractivity (Wildman–Crippen MR) is 89.7 cm³/mol. The monoisotopic (exact) mass is 330 g/mol. The lowest BCUT2D eigenvalue weighted by Gasteiger charge is -1.98. The smallest absolute Gasteiger partial charge is 0.305 e. The Hall–Kier alpha value is -2.61. The minimum absolute atomic E-state index is 0.235. The van der Waals surface area contributed by atoms with Gasteiger partial charge in [0.25, 0.3) is 0 Å². The van der Waals surface area contributed by atoms with Crippen molar-refractivity contribution >= 4 is 45.4 Å². The van der Waals surface area contributed by atoms with Gasteiger partial charge in [-0.2, -0.15) is 5.10 Å². The summed E-state index contributed by atoms with van der Waals surface area (Å²) < 4.78 is 0. The molecule has 1 aromatic carbocycles. The summed E-state index contributed by atoms with van der Waals surface area (Å²) in [6.45, 7) is 1.83. The molecule has 0 aliphatic carbocycles. The molecule has 2 heterocycles. The molecule has 1 aromatic heterocycles. The van der Waals surface area contributed by atoms with Gasteiger partial charge in [0.05, 0.1) is 12.1 Å². The molecule has 1 aliphatic heterocycles. The number of fused-ring (bicyclic) bond motifs is 1. The van der Waals surface area contributed by atoms with E-state index in [0.29, 0.717) is 10.9 Å². The summed E-state index contributed by atoms with van der Waals surface area (Å²) >= 11 is 1.08. The first-order valence-electron chi connectivity index (χ1n) is 6.92. The van der Waals surface area contributed by atoms with Crippen molar-refractivity contribution in [2.45, 2.75) is 18.6 Å². The van der Waals surface area contributed by atoms with Gasteiger partial charge in [-0.3, -0.25) is 9.59 Å². The van der Waals surface area contributed by atoms with Gasteiger partial charge in [-0.05, 0) is 13.0 Å². The third-order valence-corrected chi connectivity index (χ3v) is 4.48. The van der Waals surface area contributed by atoms with Gasteiger partial charge >= 0.3 is 5.97 Å². The largest absolute Gasteiger partial charge is 0.481 e. The summed E-state index contributed by atoms with van der Waals surface area (Å²) in [5.41, 5.74) is 2.64. The van der Waals surface area contributed by atoms with E-state index in [1.165, 1.54) is 0 Å². The Balaban J connectivity index is 1.79. The fourth-order valence-corrected chi connectivity index (χ4v) is 3.20. The summed E-state index contributed by atoms with van der Waals surface area (Å²) in [6.07, 6.45) is 1.62. The number of H-pyrrole nitrogens is 1. The maximum Gasteiger partial charge on any atom is 0.305 e. The zero-order chi connectivity index (χ0) is 16.4. The molecule has 1 aliphatic rings. The van der Waals surface area contributed by atoms with Crippen molar-refractivity contribution in [2.75, 3.05) is 0 Å². The van der Waals surface area contributed by atoms with E-state index in [-0.39, 0.29) is 12.3 Å². The highest BCUT2D eigenvalue weighted by Crippen LogP contribution is 2.23. The van der Waals surface area contributed by atoms with Crippen molar-refractivity contribution in [3.8, 4) is 0 Å². The molecule has 1 saturated heterocycles. The third-order valence-electron chi connectivity index (χ3n) is 3.41. The number of carbonyl (C=O) groups excluding carboxylic acids is 1. The Morgan fingerprint density at radius 3 is 2.96 bits per heavy atom. The number of carboxylic acid groups (broad SMARTS) is 1. The number of carbonyl (C=O) groups is 2. The summed E-state index contributed by atoms with van der Waals surface area (Å²) in [5.74, 6) is -1.37. The predicted octanol–water partition coefficient (Wildman–Crippen LogP) is 1.95. The third kappa shape index (κ3) is 3.26. The summed E-state index contributed by atoms with van der Waals surface area (Å²) in [5, 5.41) is 20.2. The second kappa shape index (κ2) is 6.25. The first-order valence-corrected chi connectivity index (χ1v) is 7.80. The molecular formula is C15H14N4O3S. The van der Waals surface area contributed by atoms with E-state index in [1.807, 2.05) is 37.4 Å². The molecule has 0 saturated carbocycles. The standard InChI is InChI=1S/C15H14N4O3S/c1-8(10-7-16-11-5-3-2-4-9(10)11)18-19-15-17-14(22)12(23-15)6-13(20)21/h2-5,7,12,16H,6H2,1H3,(H,20,21)(H,17,19,22)/b18-8+. The Morgan fingerprint density at radius 1 is 1.39 bits per heavy atom. The van der Waals surface area contributed by atoms with Gasteiger partial charge in [-0.1, -0.05) is 30.0 Å². The number of para-hydroxylation sites is 1. The molecule has 1 fully saturated rings. The van der Waals surface area contributed by atoms with Gasteiger partial charge in [-0.15, -0.1) is 5.10 Å². The number of aliphatic carboxylic acids is 1. The molecule has 3 rings (SSSR count). The molecule has 1 unspecified atom stereocenters. The number of thioether (sulfide) groups is 1. The molecule has 0 radical (unpaired) electrons. The van der Waals surface area contributed by atoms with E-state index in [2.05, 4.69) is 20.5 Å². The highest BCUT2D eigenvalue weighted by atomic mass is 32.2. The van der Waals surface area contributed by atoms with Crippen molar-refractivity contribution in [1.29, 1.82) is 0 Å². The van der Waals surface area contributed by atoms with Crippen LogP contribution in [0.25, 0.3) is 10.9 Å². The Kier molecular flexibility index (Phi) is 4.16. The van der Waals surface area contributed by atoms with Gasteiger partial charge < -0.3 is 15.4 Å². The molecular weight excluding hydrogens is 316 g/mol.